The van der Waals surface area contributed by atoms with Gasteiger partial charge in [0.15, 0.2) is 0 Å². The van der Waals surface area contributed by atoms with Gasteiger partial charge in [0.1, 0.15) is 0 Å². The molecule has 0 saturated heterocycles. The van der Waals surface area contributed by atoms with Gasteiger partial charge in [0, 0.05) is 6.54 Å². The van der Waals surface area contributed by atoms with Crippen molar-refractivity contribution in [1.82, 2.24) is 0 Å². The molecule has 0 aromatic carbocycles. The van der Waals surface area contributed by atoms with Gasteiger partial charge in [0.25, 0.3) is 0 Å². The van der Waals surface area contributed by atoms with Gasteiger partial charge in [-0.25, -0.2) is 0 Å². The number of hydrogen-bond donors (Lipinski definition) is 2. The molecule has 0 amide bonds. The lowest BCUT2D eigenvalue weighted by molar-refractivity contribution is 0.217. The number of rotatable bonds is 4. The van der Waals surface area contributed by atoms with Crippen LogP contribution in [0.4, 0.5) is 0 Å². The first-order valence-corrected chi connectivity index (χ1v) is 5.20. The van der Waals surface area contributed by atoms with E-state index in [0.29, 0.717) is 12.5 Å². The lowest BCUT2D eigenvalue weighted by atomic mass is 10.0. The molecular formula is C11H25NO. The van der Waals surface area contributed by atoms with Crippen LogP contribution in [0.15, 0.2) is 11.6 Å². The summed E-state index contributed by atoms with van der Waals surface area (Å²) < 4.78 is 0. The first kappa shape index (κ1) is 15.1. The average molecular weight is 187 g/mol. The fourth-order valence-electron chi connectivity index (χ4n) is 0.861. The first-order chi connectivity index (χ1) is 6.11. The second kappa shape index (κ2) is 9.75. The van der Waals surface area contributed by atoms with Crippen LogP contribution in [0.1, 0.15) is 41.0 Å². The van der Waals surface area contributed by atoms with E-state index in [4.69, 9.17) is 5.73 Å². The van der Waals surface area contributed by atoms with Crippen LogP contribution in [0.2, 0.25) is 0 Å². The number of hydrogen-bond acceptors (Lipinski definition) is 2. The summed E-state index contributed by atoms with van der Waals surface area (Å²) in [6.45, 7) is 10.7. The van der Waals surface area contributed by atoms with Crippen molar-refractivity contribution in [2.45, 2.75) is 47.1 Å². The van der Waals surface area contributed by atoms with E-state index in [-0.39, 0.29) is 6.10 Å². The zero-order chi connectivity index (χ0) is 10.9. The monoisotopic (exact) mass is 187 g/mol. The minimum atomic E-state index is -0.323. The van der Waals surface area contributed by atoms with Crippen LogP contribution in [0.3, 0.4) is 0 Å². The van der Waals surface area contributed by atoms with E-state index in [1.54, 1.807) is 0 Å². The van der Waals surface area contributed by atoms with Crippen LogP contribution in [0.25, 0.3) is 0 Å². The largest absolute Gasteiger partial charge is 0.389 e. The van der Waals surface area contributed by atoms with Gasteiger partial charge in [0.05, 0.1) is 6.10 Å². The molecule has 0 aliphatic carbocycles. The highest BCUT2D eigenvalue weighted by molar-refractivity contribution is 5.08. The summed E-state index contributed by atoms with van der Waals surface area (Å²) in [7, 11) is 0. The van der Waals surface area contributed by atoms with Crippen LogP contribution >= 0.6 is 0 Å². The molecule has 2 heteroatoms. The summed E-state index contributed by atoms with van der Waals surface area (Å²) >= 11 is 0. The Morgan fingerprint density at radius 2 is 1.85 bits per heavy atom. The van der Waals surface area contributed by atoms with Crippen molar-refractivity contribution in [3.63, 3.8) is 0 Å². The molecule has 3 N–H and O–H groups in total. The van der Waals surface area contributed by atoms with Crippen LogP contribution in [0, 0.1) is 5.92 Å². The molecule has 0 rings (SSSR count). The Balaban J connectivity index is 0. The van der Waals surface area contributed by atoms with Crippen molar-refractivity contribution in [3.05, 3.63) is 11.6 Å². The zero-order valence-electron chi connectivity index (χ0n) is 9.67. The lowest BCUT2D eigenvalue weighted by Gasteiger charge is -2.10. The van der Waals surface area contributed by atoms with Gasteiger partial charge in [-0.1, -0.05) is 46.3 Å². The van der Waals surface area contributed by atoms with E-state index >= 15 is 0 Å². The van der Waals surface area contributed by atoms with Crippen LogP contribution in [-0.2, 0) is 0 Å². The highest BCUT2D eigenvalue weighted by Crippen LogP contribution is 2.09. The van der Waals surface area contributed by atoms with E-state index in [1.165, 1.54) is 0 Å². The molecule has 0 radical (unpaired) electrons. The molecule has 80 valence electrons. The molecule has 0 aromatic rings. The summed E-state index contributed by atoms with van der Waals surface area (Å²) in [4.78, 5) is 0. The number of nitrogens with two attached hydrogens (primary N) is 1. The van der Waals surface area contributed by atoms with E-state index < -0.39 is 0 Å². The maximum absolute atomic E-state index is 9.28. The average Bonchev–Trinajstić information content (AvgIpc) is 2.16. The van der Waals surface area contributed by atoms with E-state index in [9.17, 15) is 5.11 Å². The van der Waals surface area contributed by atoms with E-state index in [1.807, 2.05) is 26.8 Å². The fourth-order valence-corrected chi connectivity index (χ4v) is 0.861. The van der Waals surface area contributed by atoms with Crippen LogP contribution in [0.5, 0.6) is 0 Å². The number of aliphatic hydroxyl groups excluding tert-OH is 1. The van der Waals surface area contributed by atoms with Gasteiger partial charge in [-0.3, -0.25) is 0 Å². The third-order valence-corrected chi connectivity index (χ3v) is 1.80. The second-order valence-electron chi connectivity index (χ2n) is 3.08. The molecule has 0 spiro atoms. The molecule has 0 aliphatic heterocycles. The summed E-state index contributed by atoms with van der Waals surface area (Å²) in [5, 5.41) is 9.28. The van der Waals surface area contributed by atoms with Gasteiger partial charge in [-0.15, -0.1) is 0 Å². The van der Waals surface area contributed by atoms with E-state index in [2.05, 4.69) is 13.8 Å². The molecule has 0 aromatic heterocycles. The Labute approximate surface area is 82.8 Å². The van der Waals surface area contributed by atoms with Crippen molar-refractivity contribution >= 4 is 0 Å². The van der Waals surface area contributed by atoms with Crippen molar-refractivity contribution in [3.8, 4) is 0 Å². The van der Waals surface area contributed by atoms with E-state index in [0.717, 1.165) is 12.0 Å². The smallest absolute Gasteiger partial charge is 0.0721 e. The van der Waals surface area contributed by atoms with Crippen LogP contribution < -0.4 is 5.73 Å². The summed E-state index contributed by atoms with van der Waals surface area (Å²) in [6, 6.07) is 0. The molecule has 1 unspecified atom stereocenters. The molecule has 0 saturated carbocycles. The Kier molecular flexibility index (Phi) is 11.4. The summed E-state index contributed by atoms with van der Waals surface area (Å²) in [5.41, 5.74) is 6.64. The Hall–Kier alpha value is -0.340. The normalized spacial score (nSPS) is 13.7. The maximum Gasteiger partial charge on any atom is 0.0721 e. The molecule has 2 nitrogen and oxygen atoms in total. The van der Waals surface area contributed by atoms with Crippen LogP contribution in [-0.4, -0.2) is 17.8 Å². The Bertz CT molecular complexity index is 130. The summed E-state index contributed by atoms with van der Waals surface area (Å²) in [6.07, 6.45) is 2.30. The molecule has 13 heavy (non-hydrogen) atoms. The molecule has 0 heterocycles. The van der Waals surface area contributed by atoms with Gasteiger partial charge < -0.3 is 10.8 Å². The lowest BCUT2D eigenvalue weighted by Crippen LogP contribution is -2.12. The Morgan fingerprint density at radius 3 is 2.08 bits per heavy atom. The highest BCUT2D eigenvalue weighted by atomic mass is 16.3. The second-order valence-corrected chi connectivity index (χ2v) is 3.08. The van der Waals surface area contributed by atoms with Gasteiger partial charge in [-0.2, -0.15) is 0 Å². The van der Waals surface area contributed by atoms with Gasteiger partial charge in [-0.05, 0) is 12.3 Å². The molecular weight excluding hydrogens is 162 g/mol. The van der Waals surface area contributed by atoms with Gasteiger partial charge >= 0.3 is 0 Å². The first-order valence-electron chi connectivity index (χ1n) is 5.20. The maximum atomic E-state index is 9.28. The number of aliphatic hydroxyl groups is 1. The molecule has 0 fully saturated rings. The van der Waals surface area contributed by atoms with Crippen molar-refractivity contribution in [1.29, 1.82) is 0 Å². The Morgan fingerprint density at radius 1 is 1.38 bits per heavy atom. The summed E-state index contributed by atoms with van der Waals surface area (Å²) in [5.74, 6) is 0.446. The molecule has 0 bridgehead atoms. The van der Waals surface area contributed by atoms with Crippen molar-refractivity contribution in [2.75, 3.05) is 6.54 Å². The third kappa shape index (κ3) is 8.00. The zero-order valence-corrected chi connectivity index (χ0v) is 9.67. The predicted octanol–water partition coefficient (Wildman–Crippen LogP) is 2.32. The SMILES string of the molecule is CC.CCC(O)/C=C(/CN)C(C)C. The quantitative estimate of drug-likeness (QED) is 0.663. The van der Waals surface area contributed by atoms with Gasteiger partial charge in [0.2, 0.25) is 0 Å². The highest BCUT2D eigenvalue weighted by Gasteiger charge is 2.03. The fraction of sp³-hybridized carbons (Fsp3) is 0.818. The minimum absolute atomic E-state index is 0.323. The minimum Gasteiger partial charge on any atom is -0.389 e. The molecule has 1 atom stereocenters. The predicted molar refractivity (Wildman–Crippen MR) is 59.6 cm³/mol. The topological polar surface area (TPSA) is 46.2 Å². The molecule has 0 aliphatic rings. The third-order valence-electron chi connectivity index (χ3n) is 1.80. The van der Waals surface area contributed by atoms with Crippen molar-refractivity contribution < 1.29 is 5.11 Å². The standard InChI is InChI=1S/C9H19NO.C2H6/c1-4-9(11)5-8(6-10)7(2)3;1-2/h5,7,9,11H,4,6,10H2,1-3H3;1-2H3/b8-5-;. The van der Waals surface area contributed by atoms with Crippen molar-refractivity contribution in [2.24, 2.45) is 11.7 Å².